The zero-order valence-corrected chi connectivity index (χ0v) is 64.8. The zero-order chi connectivity index (χ0) is 71.0. The van der Waals surface area contributed by atoms with Crippen molar-refractivity contribution in [1.29, 1.82) is 0 Å². The van der Waals surface area contributed by atoms with Crippen molar-refractivity contribution >= 4 is 39.5 Å². The number of aliphatic hydroxyl groups excluding tert-OH is 1. The molecule has 0 aliphatic heterocycles. The van der Waals surface area contributed by atoms with Crippen molar-refractivity contribution in [3.05, 3.63) is 0 Å². The van der Waals surface area contributed by atoms with E-state index in [1.54, 1.807) is 0 Å². The molecule has 0 amide bonds. The first-order valence-corrected chi connectivity index (χ1v) is 42.7. The smallest absolute Gasteiger partial charge is 0.462 e. The van der Waals surface area contributed by atoms with Crippen molar-refractivity contribution in [1.82, 2.24) is 0 Å². The summed E-state index contributed by atoms with van der Waals surface area (Å²) in [6.45, 7) is 14.2. The maximum Gasteiger partial charge on any atom is 0.472 e. The quantitative estimate of drug-likeness (QED) is 0.0222. The fourth-order valence-electron chi connectivity index (χ4n) is 11.7. The number of rotatable bonds is 74. The first-order valence-electron chi connectivity index (χ1n) is 39.7. The minimum Gasteiger partial charge on any atom is -0.462 e. The number of ether oxygens (including phenoxy) is 4. The van der Waals surface area contributed by atoms with Crippen LogP contribution in [0.5, 0.6) is 0 Å². The Morgan fingerprint density at radius 2 is 0.438 bits per heavy atom. The van der Waals surface area contributed by atoms with Crippen LogP contribution in [0.4, 0.5) is 0 Å². The van der Waals surface area contributed by atoms with Crippen LogP contribution in [0, 0.1) is 23.7 Å². The van der Waals surface area contributed by atoms with Gasteiger partial charge in [-0.3, -0.25) is 37.3 Å². The summed E-state index contributed by atoms with van der Waals surface area (Å²) in [6, 6.07) is 0. The van der Waals surface area contributed by atoms with Gasteiger partial charge in [0.25, 0.3) is 0 Å². The molecule has 19 heteroatoms. The zero-order valence-electron chi connectivity index (χ0n) is 63.0. The van der Waals surface area contributed by atoms with Gasteiger partial charge in [-0.2, -0.15) is 0 Å². The number of phosphoric acid groups is 2. The van der Waals surface area contributed by atoms with Crippen LogP contribution in [0.3, 0.4) is 0 Å². The van der Waals surface area contributed by atoms with Gasteiger partial charge in [0.2, 0.25) is 0 Å². The Morgan fingerprint density at radius 1 is 0.260 bits per heavy atom. The molecule has 96 heavy (non-hydrogen) atoms. The Morgan fingerprint density at radius 3 is 0.646 bits per heavy atom. The third-order valence-electron chi connectivity index (χ3n) is 17.8. The Labute approximate surface area is 588 Å². The summed E-state index contributed by atoms with van der Waals surface area (Å²) < 4.78 is 68.6. The Kier molecular flexibility index (Phi) is 65.0. The van der Waals surface area contributed by atoms with Crippen LogP contribution in [0.1, 0.15) is 389 Å². The van der Waals surface area contributed by atoms with Gasteiger partial charge < -0.3 is 33.8 Å². The topological polar surface area (TPSA) is 237 Å². The predicted octanol–water partition coefficient (Wildman–Crippen LogP) is 22.4. The van der Waals surface area contributed by atoms with Gasteiger partial charge >= 0.3 is 39.5 Å². The molecule has 0 saturated carbocycles. The third-order valence-corrected chi connectivity index (χ3v) is 19.7. The van der Waals surface area contributed by atoms with Crippen molar-refractivity contribution in [2.45, 2.75) is 408 Å². The molecule has 5 atom stereocenters. The van der Waals surface area contributed by atoms with Gasteiger partial charge in [-0.1, -0.05) is 338 Å². The highest BCUT2D eigenvalue weighted by molar-refractivity contribution is 7.47. The van der Waals surface area contributed by atoms with Gasteiger partial charge in [-0.05, 0) is 49.4 Å². The monoisotopic (exact) mass is 1410 g/mol. The highest BCUT2D eigenvalue weighted by Gasteiger charge is 2.30. The predicted molar refractivity (Wildman–Crippen MR) is 391 cm³/mol. The Hall–Kier alpha value is -1.94. The maximum atomic E-state index is 13.1. The van der Waals surface area contributed by atoms with Crippen LogP contribution in [-0.4, -0.2) is 96.7 Å². The molecule has 0 heterocycles. The largest absolute Gasteiger partial charge is 0.472 e. The number of hydrogen-bond acceptors (Lipinski definition) is 15. The van der Waals surface area contributed by atoms with E-state index in [9.17, 15) is 43.2 Å². The maximum absolute atomic E-state index is 13.1. The van der Waals surface area contributed by atoms with Crippen LogP contribution in [0.15, 0.2) is 0 Å². The molecule has 0 bridgehead atoms. The minimum absolute atomic E-state index is 0.106. The summed E-state index contributed by atoms with van der Waals surface area (Å²) in [5.74, 6) is 0.923. The summed E-state index contributed by atoms with van der Waals surface area (Å²) >= 11 is 0. The van der Waals surface area contributed by atoms with E-state index in [2.05, 4.69) is 55.4 Å². The van der Waals surface area contributed by atoms with Crippen molar-refractivity contribution < 1.29 is 80.2 Å². The molecule has 3 N–H and O–H groups in total. The van der Waals surface area contributed by atoms with E-state index in [1.807, 2.05) is 0 Å². The van der Waals surface area contributed by atoms with Crippen LogP contribution in [-0.2, 0) is 65.4 Å². The second-order valence-electron chi connectivity index (χ2n) is 29.7. The lowest BCUT2D eigenvalue weighted by atomic mass is 10.0. The van der Waals surface area contributed by atoms with Crippen molar-refractivity contribution in [3.8, 4) is 0 Å². The average molecular weight is 1410 g/mol. The molecule has 0 aromatic carbocycles. The molecule has 0 saturated heterocycles. The number of aliphatic hydroxyl groups is 1. The number of esters is 4. The van der Waals surface area contributed by atoms with E-state index < -0.39 is 97.5 Å². The second-order valence-corrected chi connectivity index (χ2v) is 32.6. The minimum atomic E-state index is -4.96. The van der Waals surface area contributed by atoms with E-state index in [-0.39, 0.29) is 25.7 Å². The van der Waals surface area contributed by atoms with Gasteiger partial charge in [0, 0.05) is 25.7 Å². The highest BCUT2D eigenvalue weighted by atomic mass is 31.2. The molecule has 0 aliphatic carbocycles. The lowest BCUT2D eigenvalue weighted by Gasteiger charge is -2.21. The van der Waals surface area contributed by atoms with Gasteiger partial charge in [-0.25, -0.2) is 9.13 Å². The molecule has 0 rings (SSSR count). The lowest BCUT2D eigenvalue weighted by molar-refractivity contribution is -0.161. The third kappa shape index (κ3) is 70.5. The van der Waals surface area contributed by atoms with Gasteiger partial charge in [0.1, 0.15) is 19.3 Å². The molecule has 3 unspecified atom stereocenters. The average Bonchev–Trinajstić information content (AvgIpc) is 1.07. The summed E-state index contributed by atoms with van der Waals surface area (Å²) in [5.41, 5.74) is 0. The first-order chi connectivity index (χ1) is 46.1. The molecule has 0 aromatic heterocycles. The van der Waals surface area contributed by atoms with Crippen LogP contribution in [0.25, 0.3) is 0 Å². The van der Waals surface area contributed by atoms with E-state index in [0.29, 0.717) is 31.6 Å². The molecule has 0 radical (unpaired) electrons. The molecular formula is C77H150O17P2. The molecule has 0 aliphatic rings. The molecule has 0 fully saturated rings. The molecule has 0 spiro atoms. The Balaban J connectivity index is 5.24. The summed E-state index contributed by atoms with van der Waals surface area (Å²) in [5, 5.41) is 10.6. The number of phosphoric ester groups is 2. The second kappa shape index (κ2) is 66.3. The SMILES string of the molecule is CC(C)CCCCCCCCCCCCCCCCCC(=O)O[C@H](COC(=O)CCCCCCCCCC(C)C)COP(=O)(O)OCC(O)COP(=O)(O)OC[C@@H](COC(=O)CCCCCCCCCCCCC(C)C)OC(=O)CCCCCCCCCCCCCCC(C)C. The fourth-order valence-corrected chi connectivity index (χ4v) is 13.3. The van der Waals surface area contributed by atoms with Crippen LogP contribution >= 0.6 is 15.6 Å². The van der Waals surface area contributed by atoms with Crippen molar-refractivity contribution in [3.63, 3.8) is 0 Å². The fraction of sp³-hybridized carbons (Fsp3) is 0.948. The van der Waals surface area contributed by atoms with Crippen molar-refractivity contribution in [2.75, 3.05) is 39.6 Å². The number of hydrogen-bond donors (Lipinski definition) is 3. The number of unbranched alkanes of at least 4 members (excludes halogenated alkanes) is 40. The molecule has 0 aromatic rings. The van der Waals surface area contributed by atoms with Crippen molar-refractivity contribution in [2.24, 2.45) is 23.7 Å². The normalized spacial score (nSPS) is 14.1. The molecule has 17 nitrogen and oxygen atoms in total. The molecule has 570 valence electrons. The first kappa shape index (κ1) is 94.1. The Bertz CT molecular complexity index is 1880. The number of carbonyl (C=O) groups is 4. The summed E-state index contributed by atoms with van der Waals surface area (Å²) in [7, 11) is -9.92. The van der Waals surface area contributed by atoms with Gasteiger partial charge in [0.15, 0.2) is 12.2 Å². The standard InChI is InChI=1S/C77H150O17P2/c1-67(2)53-45-37-29-22-16-12-10-9-11-13-18-26-34-43-51-59-76(81)94-73(64-88-75(80)58-50-42-36-28-32-40-48-56-70(7)8)66-92-96(85,86)90-62-71(78)61-89-95(83,84)91-65-72(63-87-74(79)57-49-41-33-25-21-20-24-31-39-47-55-69(5)6)93-77(82)60-52-44-35-27-19-15-14-17-23-30-38-46-54-68(3)4/h67-73,78H,9-66H2,1-8H3,(H,83,84)(H,85,86)/t71?,72-,73-/m1/s1. The summed E-state index contributed by atoms with van der Waals surface area (Å²) in [4.78, 5) is 72.9. The lowest BCUT2D eigenvalue weighted by Crippen LogP contribution is -2.30. The van der Waals surface area contributed by atoms with Crippen LogP contribution < -0.4 is 0 Å². The van der Waals surface area contributed by atoms with E-state index in [0.717, 1.165) is 114 Å². The van der Waals surface area contributed by atoms with E-state index in [4.69, 9.17) is 37.0 Å². The highest BCUT2D eigenvalue weighted by Crippen LogP contribution is 2.45. The van der Waals surface area contributed by atoms with E-state index >= 15 is 0 Å². The number of carbonyl (C=O) groups excluding carboxylic acids is 4. The molecular weight excluding hydrogens is 1260 g/mol. The van der Waals surface area contributed by atoms with E-state index in [1.165, 1.54) is 186 Å². The van der Waals surface area contributed by atoms with Crippen LogP contribution in [0.2, 0.25) is 0 Å². The summed E-state index contributed by atoms with van der Waals surface area (Å²) in [6.07, 6.45) is 51.4. The van der Waals surface area contributed by atoms with Gasteiger partial charge in [-0.15, -0.1) is 0 Å². The van der Waals surface area contributed by atoms with Gasteiger partial charge in [0.05, 0.1) is 26.4 Å².